The first kappa shape index (κ1) is 13.4. The molecule has 7 heteroatoms. The van der Waals surface area contributed by atoms with Gasteiger partial charge in [0.05, 0.1) is 17.6 Å². The van der Waals surface area contributed by atoms with Crippen LogP contribution in [0.3, 0.4) is 0 Å². The molecule has 0 aromatic heterocycles. The van der Waals surface area contributed by atoms with Crippen molar-refractivity contribution in [1.82, 2.24) is 0 Å². The molecule has 0 aliphatic rings. The molecule has 0 amide bonds. The monoisotopic (exact) mass is 246 g/mol. The Morgan fingerprint density at radius 2 is 2.39 bits per heavy atom. The molecule has 0 radical (unpaired) electrons. The minimum atomic E-state index is -0.495. The van der Waals surface area contributed by atoms with Crippen LogP contribution in [0.2, 0.25) is 0 Å². The fourth-order valence-electron chi connectivity index (χ4n) is 1.22. The molecule has 18 heavy (non-hydrogen) atoms. The van der Waals surface area contributed by atoms with E-state index in [1.54, 1.807) is 0 Å². The molecule has 1 aromatic carbocycles. The van der Waals surface area contributed by atoms with Gasteiger partial charge in [-0.25, -0.2) is 0 Å². The summed E-state index contributed by atoms with van der Waals surface area (Å²) in [6.45, 7) is 0.265. The fourth-order valence-corrected chi connectivity index (χ4v) is 1.22. The van der Waals surface area contributed by atoms with Gasteiger partial charge in [0.1, 0.15) is 5.75 Å². The van der Waals surface area contributed by atoms with Crippen LogP contribution in [0.4, 0.5) is 5.69 Å². The van der Waals surface area contributed by atoms with E-state index >= 15 is 0 Å². The Hall–Kier alpha value is -2.71. The van der Waals surface area contributed by atoms with Crippen molar-refractivity contribution in [2.75, 3.05) is 13.7 Å². The van der Waals surface area contributed by atoms with Crippen molar-refractivity contribution in [2.45, 2.75) is 6.42 Å². The van der Waals surface area contributed by atoms with E-state index in [4.69, 9.17) is 10.3 Å². The Morgan fingerprint density at radius 1 is 1.61 bits per heavy atom. The van der Waals surface area contributed by atoms with E-state index in [0.29, 0.717) is 17.7 Å². The predicted molar refractivity (Wildman–Crippen MR) is 65.2 cm³/mol. The van der Waals surface area contributed by atoms with Gasteiger partial charge in [0, 0.05) is 30.0 Å². The Labute approximate surface area is 103 Å². The van der Waals surface area contributed by atoms with Crippen molar-refractivity contribution in [1.29, 1.82) is 0 Å². The van der Waals surface area contributed by atoms with Crippen LogP contribution in [0.1, 0.15) is 12.0 Å². The molecule has 92 valence electrons. The summed E-state index contributed by atoms with van der Waals surface area (Å²) in [6, 6.07) is 4.19. The third kappa shape index (κ3) is 3.70. The summed E-state index contributed by atoms with van der Waals surface area (Å²) in [6.07, 6.45) is 0.385. The quantitative estimate of drug-likeness (QED) is 0.155. The number of methoxy groups -OCH3 is 1. The Morgan fingerprint density at radius 3 is 3.00 bits per heavy atom. The van der Waals surface area contributed by atoms with E-state index in [-0.39, 0.29) is 12.2 Å². The maximum Gasteiger partial charge on any atom is 0.270 e. The van der Waals surface area contributed by atoms with Crippen molar-refractivity contribution in [3.05, 3.63) is 44.3 Å². The molecular formula is C11H10N4O3. The van der Waals surface area contributed by atoms with Crippen LogP contribution in [-0.2, 0) is 0 Å². The molecule has 0 N–H and O–H groups in total. The third-order valence-corrected chi connectivity index (χ3v) is 2.02. The van der Waals surface area contributed by atoms with Gasteiger partial charge in [0.2, 0.25) is 0 Å². The molecule has 0 spiro atoms. The number of nitro groups is 1. The van der Waals surface area contributed by atoms with E-state index in [2.05, 4.69) is 21.9 Å². The Kier molecular flexibility index (Phi) is 5.03. The lowest BCUT2D eigenvalue weighted by molar-refractivity contribution is -0.384. The van der Waals surface area contributed by atoms with E-state index in [0.717, 1.165) is 0 Å². The molecule has 0 aliphatic heterocycles. The molecule has 0 bridgehead atoms. The maximum atomic E-state index is 10.6. The average molecular weight is 246 g/mol. The highest BCUT2D eigenvalue weighted by atomic mass is 16.6. The van der Waals surface area contributed by atoms with E-state index in [1.165, 1.54) is 25.3 Å². The Balaban J connectivity index is 2.93. The van der Waals surface area contributed by atoms with Crippen LogP contribution >= 0.6 is 0 Å². The first-order valence-corrected chi connectivity index (χ1v) is 5.01. The molecule has 0 heterocycles. The fraction of sp³-hybridized carbons (Fsp3) is 0.273. The number of non-ortho nitro benzene ring substituents is 1. The maximum absolute atomic E-state index is 10.6. The second kappa shape index (κ2) is 6.78. The van der Waals surface area contributed by atoms with Gasteiger partial charge in [-0.2, -0.15) is 0 Å². The number of hydrogen-bond donors (Lipinski definition) is 0. The topological polar surface area (TPSA) is 101 Å². The predicted octanol–water partition coefficient (Wildman–Crippen LogP) is 2.66. The lowest BCUT2D eigenvalue weighted by Gasteiger charge is -2.02. The number of rotatable bonds is 4. The van der Waals surface area contributed by atoms with Crippen LogP contribution in [-0.4, -0.2) is 18.6 Å². The zero-order valence-corrected chi connectivity index (χ0v) is 9.66. The molecular weight excluding hydrogens is 236 g/mol. The lowest BCUT2D eigenvalue weighted by Crippen LogP contribution is -1.92. The zero-order valence-electron chi connectivity index (χ0n) is 9.66. The third-order valence-electron chi connectivity index (χ3n) is 2.02. The average Bonchev–Trinajstić information content (AvgIpc) is 2.38. The van der Waals surface area contributed by atoms with Crippen LogP contribution in [0.5, 0.6) is 5.75 Å². The molecule has 0 saturated heterocycles. The zero-order chi connectivity index (χ0) is 13.4. The molecule has 0 saturated carbocycles. The molecule has 0 atom stereocenters. The van der Waals surface area contributed by atoms with Gasteiger partial charge in [-0.1, -0.05) is 17.0 Å². The summed E-state index contributed by atoms with van der Waals surface area (Å²) >= 11 is 0. The molecule has 0 unspecified atom stereocenters. The summed E-state index contributed by atoms with van der Waals surface area (Å²) in [5, 5.41) is 14.0. The SMILES string of the molecule is COc1ccc([N+](=O)[O-])cc1C#CCCN=[N+]=[N-]. The van der Waals surface area contributed by atoms with Crippen LogP contribution < -0.4 is 4.74 Å². The normalized spacial score (nSPS) is 8.72. The van der Waals surface area contributed by atoms with E-state index in [9.17, 15) is 10.1 Å². The summed E-state index contributed by atoms with van der Waals surface area (Å²) < 4.78 is 5.05. The molecule has 1 rings (SSSR count). The van der Waals surface area contributed by atoms with Crippen LogP contribution in [0, 0.1) is 22.0 Å². The van der Waals surface area contributed by atoms with Gasteiger partial charge in [-0.05, 0) is 11.6 Å². The largest absolute Gasteiger partial charge is 0.495 e. The molecule has 7 nitrogen and oxygen atoms in total. The van der Waals surface area contributed by atoms with Crippen molar-refractivity contribution in [3.63, 3.8) is 0 Å². The highest BCUT2D eigenvalue weighted by Crippen LogP contribution is 2.22. The number of azide groups is 1. The van der Waals surface area contributed by atoms with E-state index in [1.807, 2.05) is 0 Å². The first-order valence-electron chi connectivity index (χ1n) is 5.01. The van der Waals surface area contributed by atoms with Gasteiger partial charge in [0.15, 0.2) is 0 Å². The molecule has 0 fully saturated rings. The van der Waals surface area contributed by atoms with Crippen molar-refractivity contribution in [3.8, 4) is 17.6 Å². The van der Waals surface area contributed by atoms with Crippen molar-refractivity contribution < 1.29 is 9.66 Å². The minimum absolute atomic E-state index is 0.0462. The highest BCUT2D eigenvalue weighted by molar-refractivity contribution is 5.52. The molecule has 0 aliphatic carbocycles. The Bertz CT molecular complexity index is 553. The van der Waals surface area contributed by atoms with Crippen LogP contribution in [0.25, 0.3) is 10.4 Å². The number of ether oxygens (including phenoxy) is 1. The summed E-state index contributed by atoms with van der Waals surface area (Å²) in [4.78, 5) is 12.7. The summed E-state index contributed by atoms with van der Waals surface area (Å²) in [7, 11) is 1.46. The number of hydrogen-bond acceptors (Lipinski definition) is 4. The minimum Gasteiger partial charge on any atom is -0.495 e. The van der Waals surface area contributed by atoms with Crippen molar-refractivity contribution >= 4 is 5.69 Å². The van der Waals surface area contributed by atoms with E-state index < -0.39 is 4.92 Å². The highest BCUT2D eigenvalue weighted by Gasteiger charge is 2.09. The summed E-state index contributed by atoms with van der Waals surface area (Å²) in [5.74, 6) is 5.98. The van der Waals surface area contributed by atoms with Gasteiger partial charge in [-0.3, -0.25) is 10.1 Å². The van der Waals surface area contributed by atoms with Crippen molar-refractivity contribution in [2.24, 2.45) is 5.11 Å². The van der Waals surface area contributed by atoms with Gasteiger partial charge < -0.3 is 4.74 Å². The number of benzene rings is 1. The summed E-state index contributed by atoms with van der Waals surface area (Å²) in [5.41, 5.74) is 8.47. The second-order valence-corrected chi connectivity index (χ2v) is 3.15. The molecule has 1 aromatic rings. The smallest absolute Gasteiger partial charge is 0.270 e. The number of nitro benzene ring substituents is 1. The van der Waals surface area contributed by atoms with Gasteiger partial charge in [-0.15, -0.1) is 0 Å². The van der Waals surface area contributed by atoms with Crippen LogP contribution in [0.15, 0.2) is 23.3 Å². The van der Waals surface area contributed by atoms with Gasteiger partial charge in [0.25, 0.3) is 5.69 Å². The first-order chi connectivity index (χ1) is 8.69. The standard InChI is InChI=1S/C11H10N4O3/c1-18-11-6-5-10(15(16)17)8-9(11)4-2-3-7-13-14-12/h5-6,8H,3,7H2,1H3. The van der Waals surface area contributed by atoms with Gasteiger partial charge >= 0.3 is 0 Å². The second-order valence-electron chi connectivity index (χ2n) is 3.15. The number of nitrogens with zero attached hydrogens (tertiary/aromatic N) is 4. The lowest BCUT2D eigenvalue weighted by atomic mass is 10.2.